The third kappa shape index (κ3) is 3.80. The molecule has 0 radical (unpaired) electrons. The SMILES string of the molecule is COCCNC(C)(CC1CC1)C(=O)OC. The van der Waals surface area contributed by atoms with Gasteiger partial charge in [-0.05, 0) is 19.3 Å². The van der Waals surface area contributed by atoms with Gasteiger partial charge in [-0.1, -0.05) is 12.8 Å². The van der Waals surface area contributed by atoms with Gasteiger partial charge in [0.2, 0.25) is 0 Å². The fourth-order valence-electron chi connectivity index (χ4n) is 1.78. The van der Waals surface area contributed by atoms with Crippen molar-refractivity contribution in [3.63, 3.8) is 0 Å². The molecule has 0 spiro atoms. The average Bonchev–Trinajstić information content (AvgIpc) is 3.00. The molecule has 0 saturated heterocycles. The maximum atomic E-state index is 11.7. The van der Waals surface area contributed by atoms with Crippen LogP contribution >= 0.6 is 0 Å². The average molecular weight is 215 g/mol. The minimum Gasteiger partial charge on any atom is -0.468 e. The largest absolute Gasteiger partial charge is 0.468 e. The van der Waals surface area contributed by atoms with Gasteiger partial charge in [0.05, 0.1) is 13.7 Å². The first-order valence-corrected chi connectivity index (χ1v) is 5.45. The van der Waals surface area contributed by atoms with Crippen molar-refractivity contribution >= 4 is 5.97 Å². The van der Waals surface area contributed by atoms with Crippen LogP contribution in [-0.4, -0.2) is 38.9 Å². The van der Waals surface area contributed by atoms with Crippen LogP contribution in [0.2, 0.25) is 0 Å². The molecule has 1 atom stereocenters. The molecule has 1 unspecified atom stereocenters. The van der Waals surface area contributed by atoms with Crippen LogP contribution in [0.15, 0.2) is 0 Å². The molecule has 1 aliphatic rings. The van der Waals surface area contributed by atoms with Crippen molar-refractivity contribution in [1.29, 1.82) is 0 Å². The molecule has 15 heavy (non-hydrogen) atoms. The molecule has 0 aromatic carbocycles. The van der Waals surface area contributed by atoms with Crippen molar-refractivity contribution < 1.29 is 14.3 Å². The van der Waals surface area contributed by atoms with Crippen LogP contribution in [0, 0.1) is 5.92 Å². The fraction of sp³-hybridized carbons (Fsp3) is 0.909. The molecule has 88 valence electrons. The Bertz CT molecular complexity index is 216. The summed E-state index contributed by atoms with van der Waals surface area (Å²) in [6.45, 7) is 3.19. The summed E-state index contributed by atoms with van der Waals surface area (Å²) in [4.78, 5) is 11.7. The highest BCUT2D eigenvalue weighted by Gasteiger charge is 2.39. The lowest BCUT2D eigenvalue weighted by Crippen LogP contribution is -2.51. The number of ether oxygens (including phenoxy) is 2. The van der Waals surface area contributed by atoms with E-state index < -0.39 is 5.54 Å². The molecule has 4 heteroatoms. The Balaban J connectivity index is 2.45. The monoisotopic (exact) mass is 215 g/mol. The molecule has 0 aliphatic heterocycles. The normalized spacial score (nSPS) is 19.7. The number of methoxy groups -OCH3 is 2. The van der Waals surface area contributed by atoms with E-state index in [-0.39, 0.29) is 5.97 Å². The lowest BCUT2D eigenvalue weighted by atomic mass is 9.95. The summed E-state index contributed by atoms with van der Waals surface area (Å²) < 4.78 is 9.79. The first kappa shape index (κ1) is 12.5. The summed E-state index contributed by atoms with van der Waals surface area (Å²) >= 11 is 0. The third-order valence-corrected chi connectivity index (χ3v) is 2.85. The second-order valence-corrected chi connectivity index (χ2v) is 4.39. The van der Waals surface area contributed by atoms with Gasteiger partial charge in [-0.2, -0.15) is 0 Å². The maximum absolute atomic E-state index is 11.7. The first-order valence-electron chi connectivity index (χ1n) is 5.45. The second kappa shape index (κ2) is 5.47. The van der Waals surface area contributed by atoms with E-state index >= 15 is 0 Å². The molecule has 1 fully saturated rings. The summed E-state index contributed by atoms with van der Waals surface area (Å²) in [5, 5.41) is 3.22. The maximum Gasteiger partial charge on any atom is 0.325 e. The van der Waals surface area contributed by atoms with Crippen molar-refractivity contribution in [3.8, 4) is 0 Å². The zero-order valence-electron chi connectivity index (χ0n) is 9.84. The Kier molecular flexibility index (Phi) is 4.54. The van der Waals surface area contributed by atoms with Crippen LogP contribution in [-0.2, 0) is 14.3 Å². The van der Waals surface area contributed by atoms with Gasteiger partial charge < -0.3 is 9.47 Å². The number of carbonyl (C=O) groups excluding carboxylic acids is 1. The number of carbonyl (C=O) groups is 1. The molecule has 4 nitrogen and oxygen atoms in total. The van der Waals surface area contributed by atoms with Gasteiger partial charge in [0.15, 0.2) is 0 Å². The van der Waals surface area contributed by atoms with Gasteiger partial charge in [-0.15, -0.1) is 0 Å². The molecule has 1 N–H and O–H groups in total. The number of hydrogen-bond acceptors (Lipinski definition) is 4. The van der Waals surface area contributed by atoms with Crippen LogP contribution in [0.3, 0.4) is 0 Å². The summed E-state index contributed by atoms with van der Waals surface area (Å²) in [6.07, 6.45) is 3.33. The highest BCUT2D eigenvalue weighted by Crippen LogP contribution is 2.37. The van der Waals surface area contributed by atoms with Crippen LogP contribution in [0.25, 0.3) is 0 Å². The number of hydrogen-bond donors (Lipinski definition) is 1. The molecule has 1 rings (SSSR count). The predicted octanol–water partition coefficient (Wildman–Crippen LogP) is 0.954. The van der Waals surface area contributed by atoms with Crippen molar-refractivity contribution in [1.82, 2.24) is 5.32 Å². The minimum absolute atomic E-state index is 0.175. The smallest absolute Gasteiger partial charge is 0.325 e. The van der Waals surface area contributed by atoms with E-state index in [0.717, 1.165) is 6.42 Å². The quantitative estimate of drug-likeness (QED) is 0.507. The van der Waals surface area contributed by atoms with Crippen molar-refractivity contribution in [3.05, 3.63) is 0 Å². The summed E-state index contributed by atoms with van der Waals surface area (Å²) in [7, 11) is 3.09. The van der Waals surface area contributed by atoms with Crippen molar-refractivity contribution in [2.45, 2.75) is 31.7 Å². The van der Waals surface area contributed by atoms with E-state index in [2.05, 4.69) is 5.32 Å². The molecular formula is C11H21NO3. The van der Waals surface area contributed by atoms with Gasteiger partial charge >= 0.3 is 5.97 Å². The van der Waals surface area contributed by atoms with Gasteiger partial charge in [0, 0.05) is 13.7 Å². The molecule has 1 saturated carbocycles. The zero-order valence-corrected chi connectivity index (χ0v) is 9.84. The van der Waals surface area contributed by atoms with Crippen LogP contribution < -0.4 is 5.32 Å². The lowest BCUT2D eigenvalue weighted by Gasteiger charge is -2.28. The second-order valence-electron chi connectivity index (χ2n) is 4.39. The van der Waals surface area contributed by atoms with Crippen molar-refractivity contribution in [2.24, 2.45) is 5.92 Å². The summed E-state index contributed by atoms with van der Waals surface area (Å²) in [6, 6.07) is 0. The van der Waals surface area contributed by atoms with Crippen molar-refractivity contribution in [2.75, 3.05) is 27.4 Å². The summed E-state index contributed by atoms with van der Waals surface area (Å²) in [5.41, 5.74) is -0.547. The number of esters is 1. The van der Waals surface area contributed by atoms with Crippen LogP contribution in [0.4, 0.5) is 0 Å². The van der Waals surface area contributed by atoms with E-state index in [0.29, 0.717) is 19.1 Å². The highest BCUT2D eigenvalue weighted by molar-refractivity contribution is 5.80. The first-order chi connectivity index (χ1) is 7.12. The van der Waals surface area contributed by atoms with E-state index in [1.54, 1.807) is 7.11 Å². The molecule has 0 amide bonds. The highest BCUT2D eigenvalue weighted by atomic mass is 16.5. The van der Waals surface area contributed by atoms with E-state index in [1.807, 2.05) is 6.92 Å². The topological polar surface area (TPSA) is 47.6 Å². The van der Waals surface area contributed by atoms with Gasteiger partial charge in [0.25, 0.3) is 0 Å². The predicted molar refractivity (Wildman–Crippen MR) is 57.6 cm³/mol. The third-order valence-electron chi connectivity index (χ3n) is 2.85. The minimum atomic E-state index is -0.547. The zero-order chi connectivity index (χ0) is 11.3. The standard InChI is InChI=1S/C11H21NO3/c1-11(10(13)15-3,8-9-4-5-9)12-6-7-14-2/h9,12H,4-8H2,1-3H3. The molecule has 0 heterocycles. The number of rotatable bonds is 7. The Hall–Kier alpha value is -0.610. The Morgan fingerprint density at radius 2 is 2.13 bits per heavy atom. The molecular weight excluding hydrogens is 194 g/mol. The van der Waals surface area contributed by atoms with Crippen LogP contribution in [0.1, 0.15) is 26.2 Å². The van der Waals surface area contributed by atoms with E-state index in [9.17, 15) is 4.79 Å². The molecule has 0 bridgehead atoms. The van der Waals surface area contributed by atoms with E-state index in [1.165, 1.54) is 20.0 Å². The number of nitrogens with one attached hydrogen (secondary N) is 1. The van der Waals surface area contributed by atoms with E-state index in [4.69, 9.17) is 9.47 Å². The Morgan fingerprint density at radius 3 is 2.60 bits per heavy atom. The molecule has 1 aliphatic carbocycles. The Labute approximate surface area is 91.3 Å². The van der Waals surface area contributed by atoms with Crippen LogP contribution in [0.5, 0.6) is 0 Å². The van der Waals surface area contributed by atoms with Gasteiger partial charge in [-0.25, -0.2) is 0 Å². The fourth-order valence-corrected chi connectivity index (χ4v) is 1.78. The van der Waals surface area contributed by atoms with Gasteiger partial charge in [-0.3, -0.25) is 10.1 Å². The van der Waals surface area contributed by atoms with Gasteiger partial charge in [0.1, 0.15) is 5.54 Å². The Morgan fingerprint density at radius 1 is 1.47 bits per heavy atom. The lowest BCUT2D eigenvalue weighted by molar-refractivity contribution is -0.148. The molecule has 0 aromatic heterocycles. The summed E-state index contributed by atoms with van der Waals surface area (Å²) in [5.74, 6) is 0.509. The molecule has 0 aromatic rings.